The molecule has 1 amide bonds. The van der Waals surface area contributed by atoms with Gasteiger partial charge in [-0.25, -0.2) is 8.78 Å². The third-order valence-electron chi connectivity index (χ3n) is 3.33. The van der Waals surface area contributed by atoms with Crippen molar-refractivity contribution in [2.75, 3.05) is 18.9 Å². The molecule has 0 heterocycles. The van der Waals surface area contributed by atoms with Gasteiger partial charge in [0.15, 0.2) is 11.6 Å². The van der Waals surface area contributed by atoms with Gasteiger partial charge < -0.3 is 15.4 Å². The second kappa shape index (κ2) is 8.98. The molecule has 2 N–H and O–H groups in total. The first-order valence-corrected chi connectivity index (χ1v) is 7.69. The van der Waals surface area contributed by atoms with E-state index in [1.54, 1.807) is 18.2 Å². The van der Waals surface area contributed by atoms with Gasteiger partial charge in [-0.05, 0) is 49.8 Å². The first-order valence-electron chi connectivity index (χ1n) is 7.69. The Kier molecular flexibility index (Phi) is 6.69. The van der Waals surface area contributed by atoms with Crippen LogP contribution in [0.1, 0.15) is 18.4 Å². The summed E-state index contributed by atoms with van der Waals surface area (Å²) in [5.74, 6) is -1.07. The smallest absolute Gasteiger partial charge is 0.224 e. The number of ether oxygens (including phenoxy) is 1. The highest BCUT2D eigenvalue weighted by atomic mass is 19.1. The first-order chi connectivity index (χ1) is 11.6. The topological polar surface area (TPSA) is 50.4 Å². The maximum Gasteiger partial charge on any atom is 0.224 e. The zero-order valence-electron chi connectivity index (χ0n) is 13.4. The zero-order valence-corrected chi connectivity index (χ0v) is 13.4. The molecule has 0 saturated carbocycles. The average Bonchev–Trinajstić information content (AvgIpc) is 2.54. The number of rotatable bonds is 8. The van der Waals surface area contributed by atoms with Gasteiger partial charge >= 0.3 is 0 Å². The van der Waals surface area contributed by atoms with Crippen molar-refractivity contribution < 1.29 is 18.3 Å². The van der Waals surface area contributed by atoms with E-state index in [4.69, 9.17) is 4.74 Å². The van der Waals surface area contributed by atoms with E-state index >= 15 is 0 Å². The lowest BCUT2D eigenvalue weighted by Gasteiger charge is -2.10. The van der Waals surface area contributed by atoms with Crippen LogP contribution in [0.2, 0.25) is 0 Å². The minimum Gasteiger partial charge on any atom is -0.486 e. The monoisotopic (exact) mass is 334 g/mol. The van der Waals surface area contributed by atoms with E-state index in [2.05, 4.69) is 10.6 Å². The van der Waals surface area contributed by atoms with E-state index < -0.39 is 5.82 Å². The van der Waals surface area contributed by atoms with Gasteiger partial charge in [-0.2, -0.15) is 0 Å². The fourth-order valence-corrected chi connectivity index (χ4v) is 2.13. The summed E-state index contributed by atoms with van der Waals surface area (Å²) in [6, 6.07) is 10.1. The molecule has 0 radical (unpaired) electrons. The number of hydrogen-bond donors (Lipinski definition) is 2. The summed E-state index contributed by atoms with van der Waals surface area (Å²) >= 11 is 0. The Labute approximate surface area is 139 Å². The van der Waals surface area contributed by atoms with E-state index in [0.717, 1.165) is 6.54 Å². The Bertz CT molecular complexity index is 692. The highest BCUT2D eigenvalue weighted by molar-refractivity contribution is 5.90. The maximum atomic E-state index is 14.0. The standard InChI is InChI=1S/C18H20F2N2O2/c1-21-9-3-6-18(23)22-15-7-8-17(16(20)11-15)24-12-13-4-2-5-14(19)10-13/h2,4-5,7-8,10-11,21H,3,6,9,12H2,1H3,(H,22,23). The van der Waals surface area contributed by atoms with Crippen LogP contribution in [0.25, 0.3) is 0 Å². The van der Waals surface area contributed by atoms with Crippen LogP contribution in [0.15, 0.2) is 42.5 Å². The van der Waals surface area contributed by atoms with Gasteiger partial charge in [0.1, 0.15) is 12.4 Å². The van der Waals surface area contributed by atoms with Crippen molar-refractivity contribution in [2.45, 2.75) is 19.4 Å². The summed E-state index contributed by atoms with van der Waals surface area (Å²) in [4.78, 5) is 11.7. The molecule has 0 atom stereocenters. The maximum absolute atomic E-state index is 14.0. The van der Waals surface area contributed by atoms with E-state index in [-0.39, 0.29) is 24.1 Å². The van der Waals surface area contributed by atoms with Gasteiger partial charge in [-0.1, -0.05) is 12.1 Å². The SMILES string of the molecule is CNCCCC(=O)Nc1ccc(OCc2cccc(F)c2)c(F)c1. The van der Waals surface area contributed by atoms with Gasteiger partial charge in [0.05, 0.1) is 0 Å². The number of halogens is 2. The largest absolute Gasteiger partial charge is 0.486 e. The molecule has 0 aliphatic rings. The number of amides is 1. The third-order valence-corrected chi connectivity index (χ3v) is 3.33. The highest BCUT2D eigenvalue weighted by Gasteiger charge is 2.08. The summed E-state index contributed by atoms with van der Waals surface area (Å²) < 4.78 is 32.5. The summed E-state index contributed by atoms with van der Waals surface area (Å²) in [6.45, 7) is 0.805. The molecule has 0 aliphatic carbocycles. The molecular formula is C18H20F2N2O2. The van der Waals surface area contributed by atoms with Crippen LogP contribution in [-0.4, -0.2) is 19.5 Å². The van der Waals surface area contributed by atoms with Gasteiger partial charge in [0.25, 0.3) is 0 Å². The first kappa shape index (κ1) is 17.9. The molecule has 2 aromatic carbocycles. The van der Waals surface area contributed by atoms with E-state index in [9.17, 15) is 13.6 Å². The van der Waals surface area contributed by atoms with Crippen molar-refractivity contribution in [3.8, 4) is 5.75 Å². The molecule has 0 saturated heterocycles. The Morgan fingerprint density at radius 2 is 2.00 bits per heavy atom. The molecule has 128 valence electrons. The Morgan fingerprint density at radius 1 is 1.17 bits per heavy atom. The zero-order chi connectivity index (χ0) is 17.4. The van der Waals surface area contributed by atoms with Crippen molar-refractivity contribution in [3.63, 3.8) is 0 Å². The molecule has 4 nitrogen and oxygen atoms in total. The van der Waals surface area contributed by atoms with E-state index in [1.807, 2.05) is 7.05 Å². The van der Waals surface area contributed by atoms with Gasteiger partial charge in [-0.3, -0.25) is 4.79 Å². The summed E-state index contributed by atoms with van der Waals surface area (Å²) in [6.07, 6.45) is 1.07. The van der Waals surface area contributed by atoms with Gasteiger partial charge in [0, 0.05) is 18.2 Å². The molecule has 0 spiro atoms. The molecular weight excluding hydrogens is 314 g/mol. The van der Waals surface area contributed by atoms with Crippen molar-refractivity contribution in [1.29, 1.82) is 0 Å². The number of carbonyl (C=O) groups is 1. The lowest BCUT2D eigenvalue weighted by Crippen LogP contribution is -2.15. The molecule has 6 heteroatoms. The lowest BCUT2D eigenvalue weighted by atomic mass is 10.2. The van der Waals surface area contributed by atoms with Crippen LogP contribution >= 0.6 is 0 Å². The second-order valence-electron chi connectivity index (χ2n) is 5.32. The highest BCUT2D eigenvalue weighted by Crippen LogP contribution is 2.22. The number of benzene rings is 2. The summed E-state index contributed by atoms with van der Waals surface area (Å²) in [5, 5.41) is 5.59. The summed E-state index contributed by atoms with van der Waals surface area (Å²) in [7, 11) is 1.82. The van der Waals surface area contributed by atoms with Crippen molar-refractivity contribution in [2.24, 2.45) is 0 Å². The number of nitrogens with one attached hydrogen (secondary N) is 2. The van der Waals surface area contributed by atoms with Crippen LogP contribution in [0.5, 0.6) is 5.75 Å². The van der Waals surface area contributed by atoms with Crippen molar-refractivity contribution in [3.05, 3.63) is 59.7 Å². The van der Waals surface area contributed by atoms with Crippen LogP contribution < -0.4 is 15.4 Å². The van der Waals surface area contributed by atoms with Crippen LogP contribution in [0.3, 0.4) is 0 Å². The van der Waals surface area contributed by atoms with Crippen LogP contribution in [0, 0.1) is 11.6 Å². The predicted octanol–water partition coefficient (Wildman–Crippen LogP) is 3.48. The Balaban J connectivity index is 1.90. The molecule has 0 bridgehead atoms. The predicted molar refractivity (Wildman–Crippen MR) is 88.9 cm³/mol. The second-order valence-corrected chi connectivity index (χ2v) is 5.32. The fourth-order valence-electron chi connectivity index (χ4n) is 2.13. The molecule has 24 heavy (non-hydrogen) atoms. The quantitative estimate of drug-likeness (QED) is 0.727. The normalized spacial score (nSPS) is 10.5. The van der Waals surface area contributed by atoms with E-state index in [1.165, 1.54) is 24.3 Å². The third kappa shape index (κ3) is 5.62. The molecule has 2 aromatic rings. The number of carbonyl (C=O) groups excluding carboxylic acids is 1. The van der Waals surface area contributed by atoms with Crippen LogP contribution in [0.4, 0.5) is 14.5 Å². The Morgan fingerprint density at radius 3 is 2.71 bits per heavy atom. The summed E-state index contributed by atoms with van der Waals surface area (Å²) in [5.41, 5.74) is 0.983. The number of hydrogen-bond acceptors (Lipinski definition) is 3. The molecule has 2 rings (SSSR count). The fraction of sp³-hybridized carbons (Fsp3) is 0.278. The molecule has 0 unspecified atom stereocenters. The van der Waals surface area contributed by atoms with Gasteiger partial charge in [0.2, 0.25) is 5.91 Å². The molecule has 0 fully saturated rings. The van der Waals surface area contributed by atoms with Gasteiger partial charge in [-0.15, -0.1) is 0 Å². The number of anilines is 1. The average molecular weight is 334 g/mol. The molecule has 0 aromatic heterocycles. The van der Waals surface area contributed by atoms with Crippen molar-refractivity contribution in [1.82, 2.24) is 5.32 Å². The minimum absolute atomic E-state index is 0.0486. The minimum atomic E-state index is -0.584. The van der Waals surface area contributed by atoms with E-state index in [0.29, 0.717) is 24.1 Å². The van der Waals surface area contributed by atoms with Crippen molar-refractivity contribution >= 4 is 11.6 Å². The molecule has 0 aliphatic heterocycles. The van der Waals surface area contributed by atoms with Crippen LogP contribution in [-0.2, 0) is 11.4 Å². The lowest BCUT2D eigenvalue weighted by molar-refractivity contribution is -0.116. The Hall–Kier alpha value is -2.47.